The Balaban J connectivity index is 4.67. The van der Waals surface area contributed by atoms with Gasteiger partial charge in [-0.2, -0.15) is 0 Å². The number of aliphatic hydroxyl groups is 1. The van der Waals surface area contributed by atoms with Crippen LogP contribution < -0.4 is 4.89 Å². The topological polar surface area (TPSA) is 131 Å². The van der Waals surface area contributed by atoms with Crippen molar-refractivity contribution < 1.29 is 47.2 Å². The normalized spacial score (nSPS) is 15.1. The summed E-state index contributed by atoms with van der Waals surface area (Å²) in [7, 11) is 1.00. The number of hydrogen-bond donors (Lipinski definition) is 1. The Morgan fingerprint density at radius 1 is 0.623 bits per heavy atom. The first-order chi connectivity index (χ1) is 29.4. The van der Waals surface area contributed by atoms with Gasteiger partial charge in [-0.3, -0.25) is 14.2 Å². The van der Waals surface area contributed by atoms with Crippen molar-refractivity contribution in [1.82, 2.24) is 0 Å². The van der Waals surface area contributed by atoms with Gasteiger partial charge in [-0.25, -0.2) is 0 Å². The zero-order valence-electron chi connectivity index (χ0n) is 38.4. The van der Waals surface area contributed by atoms with Gasteiger partial charge in [0.05, 0.1) is 33.9 Å². The number of esters is 2. The van der Waals surface area contributed by atoms with Crippen LogP contribution in [0.25, 0.3) is 0 Å². The summed E-state index contributed by atoms with van der Waals surface area (Å²) in [5.41, 5.74) is 0. The number of phosphoric acid groups is 1. The standard InChI is InChI=1S/C50H82NO9P/c1-6-8-10-12-14-16-18-20-21-22-23-24-25-27-29-31-33-35-37-41-50(54)60-48(46-59-61(55,56)58-44-43-51(3,4)5)45-57-49(53)42-38-40-47(52)39-36-34-32-30-28-26-19-17-15-13-11-9-7-2/h8,10,14,16,20-21,23-24,26-29,32-36,39,47-48,52H,6-7,9,11-13,15,17-19,22,25,30-31,37-38,40-46H2,1-5H3/b10-8-,16-14-,21-20-,24-23-,28-26+,29-27-,34-32+,35-33-,39-36+/t47?,48-/m1/s1. The van der Waals surface area contributed by atoms with Gasteiger partial charge >= 0.3 is 11.9 Å². The molecule has 0 aliphatic heterocycles. The van der Waals surface area contributed by atoms with Gasteiger partial charge < -0.3 is 33.0 Å². The fraction of sp³-hybridized carbons (Fsp3) is 0.600. The summed E-state index contributed by atoms with van der Waals surface area (Å²) in [6, 6.07) is 0. The minimum absolute atomic E-state index is 0.0303. The number of phosphoric ester groups is 1. The Morgan fingerprint density at radius 3 is 1.75 bits per heavy atom. The molecule has 1 N–H and O–H groups in total. The SMILES string of the molecule is CC/C=C\C/C=C\C/C=C\C/C=C\C/C=C\C/C=C\CCC(=O)O[C@H](COC(=O)CCCC(O)/C=C/C=C/C/C=C/CCCCCCCC)COP(=O)([O-])OCC[N+](C)(C)C. The number of allylic oxidation sites excluding steroid dienone is 17. The quantitative estimate of drug-likeness (QED) is 0.0160. The van der Waals surface area contributed by atoms with Crippen LogP contribution in [-0.2, 0) is 32.7 Å². The molecule has 0 amide bonds. The fourth-order valence-electron chi connectivity index (χ4n) is 5.33. The third-order valence-electron chi connectivity index (χ3n) is 8.89. The number of ether oxygens (including phenoxy) is 2. The van der Waals surface area contributed by atoms with Crippen molar-refractivity contribution in [2.45, 2.75) is 148 Å². The predicted molar refractivity (Wildman–Crippen MR) is 251 cm³/mol. The Kier molecular flexibility index (Phi) is 38.4. The second kappa shape index (κ2) is 40.7. The maximum absolute atomic E-state index is 12.7. The van der Waals surface area contributed by atoms with E-state index in [1.807, 2.05) is 45.4 Å². The molecule has 0 spiro atoms. The van der Waals surface area contributed by atoms with E-state index in [0.29, 0.717) is 30.3 Å². The monoisotopic (exact) mass is 872 g/mol. The zero-order valence-corrected chi connectivity index (χ0v) is 39.3. The molecule has 0 aromatic heterocycles. The van der Waals surface area contributed by atoms with Crippen molar-refractivity contribution in [3.8, 4) is 0 Å². The predicted octanol–water partition coefficient (Wildman–Crippen LogP) is 11.5. The number of quaternary nitrogens is 1. The Hall–Kier alpha value is -3.37. The molecule has 11 heteroatoms. The first-order valence-electron chi connectivity index (χ1n) is 22.7. The van der Waals surface area contributed by atoms with E-state index in [0.717, 1.165) is 51.4 Å². The molecule has 0 aliphatic carbocycles. The molecule has 0 aromatic carbocycles. The number of carbonyl (C=O) groups excluding carboxylic acids is 2. The Bertz CT molecular complexity index is 1420. The number of carbonyl (C=O) groups is 2. The van der Waals surface area contributed by atoms with Crippen LogP contribution in [0.1, 0.15) is 136 Å². The van der Waals surface area contributed by atoms with Crippen LogP contribution in [0.2, 0.25) is 0 Å². The van der Waals surface area contributed by atoms with Crippen LogP contribution in [0.5, 0.6) is 0 Å². The summed E-state index contributed by atoms with van der Waals surface area (Å²) >= 11 is 0. The number of likely N-dealkylation sites (N-methyl/N-ethyl adjacent to an activating group) is 1. The molecule has 0 radical (unpaired) electrons. The maximum Gasteiger partial charge on any atom is 0.306 e. The van der Waals surface area contributed by atoms with Crippen LogP contribution in [-0.4, -0.2) is 81.2 Å². The van der Waals surface area contributed by atoms with E-state index in [1.165, 1.54) is 38.5 Å². The fourth-order valence-corrected chi connectivity index (χ4v) is 6.06. The van der Waals surface area contributed by atoms with Crippen LogP contribution in [0.4, 0.5) is 0 Å². The van der Waals surface area contributed by atoms with Crippen molar-refractivity contribution in [2.24, 2.45) is 0 Å². The minimum Gasteiger partial charge on any atom is -0.756 e. The molecular weight excluding hydrogens is 790 g/mol. The first kappa shape index (κ1) is 57.6. The molecule has 61 heavy (non-hydrogen) atoms. The molecule has 0 rings (SSSR count). The van der Waals surface area contributed by atoms with Crippen LogP contribution in [0, 0.1) is 0 Å². The molecule has 0 saturated heterocycles. The summed E-state index contributed by atoms with van der Waals surface area (Å²) in [5, 5.41) is 10.3. The van der Waals surface area contributed by atoms with Gasteiger partial charge in [0.2, 0.25) is 0 Å². The molecule has 0 aromatic rings. The lowest BCUT2D eigenvalue weighted by molar-refractivity contribution is -0.870. The lowest BCUT2D eigenvalue weighted by Crippen LogP contribution is -2.37. The van der Waals surface area contributed by atoms with E-state index in [4.69, 9.17) is 18.5 Å². The second-order valence-electron chi connectivity index (χ2n) is 15.9. The lowest BCUT2D eigenvalue weighted by Gasteiger charge is -2.28. The summed E-state index contributed by atoms with van der Waals surface area (Å²) in [6.07, 6.45) is 51.7. The van der Waals surface area contributed by atoms with Gasteiger partial charge in [0.15, 0.2) is 6.10 Å². The molecule has 3 atom stereocenters. The van der Waals surface area contributed by atoms with E-state index in [1.54, 1.807) is 12.2 Å². The minimum atomic E-state index is -4.70. The Labute approximate surface area is 370 Å². The molecule has 0 saturated carbocycles. The zero-order chi connectivity index (χ0) is 45.1. The van der Waals surface area contributed by atoms with E-state index in [2.05, 4.69) is 86.8 Å². The van der Waals surface area contributed by atoms with Gasteiger partial charge in [-0.05, 0) is 77.0 Å². The molecule has 0 aliphatic rings. The molecular formula is C50H82NO9P. The van der Waals surface area contributed by atoms with Crippen molar-refractivity contribution in [3.63, 3.8) is 0 Å². The van der Waals surface area contributed by atoms with Crippen molar-refractivity contribution in [2.75, 3.05) is 47.5 Å². The smallest absolute Gasteiger partial charge is 0.306 e. The van der Waals surface area contributed by atoms with Gasteiger partial charge in [-0.15, -0.1) is 0 Å². The molecule has 0 bridgehead atoms. The van der Waals surface area contributed by atoms with Gasteiger partial charge in [0.25, 0.3) is 7.82 Å². The van der Waals surface area contributed by atoms with E-state index in [9.17, 15) is 24.2 Å². The molecule has 346 valence electrons. The van der Waals surface area contributed by atoms with Crippen LogP contribution >= 0.6 is 7.82 Å². The number of hydrogen-bond acceptors (Lipinski definition) is 9. The summed E-state index contributed by atoms with van der Waals surface area (Å²) in [5.74, 6) is -1.14. The lowest BCUT2D eigenvalue weighted by atomic mass is 10.1. The largest absolute Gasteiger partial charge is 0.756 e. The highest BCUT2D eigenvalue weighted by Crippen LogP contribution is 2.38. The average Bonchev–Trinajstić information content (AvgIpc) is 3.21. The average molecular weight is 872 g/mol. The van der Waals surface area contributed by atoms with Gasteiger partial charge in [-0.1, -0.05) is 155 Å². The van der Waals surface area contributed by atoms with Gasteiger partial charge in [0.1, 0.15) is 19.8 Å². The van der Waals surface area contributed by atoms with E-state index in [-0.39, 0.29) is 26.1 Å². The van der Waals surface area contributed by atoms with E-state index >= 15 is 0 Å². The van der Waals surface area contributed by atoms with Gasteiger partial charge in [0, 0.05) is 12.8 Å². The highest BCUT2D eigenvalue weighted by Gasteiger charge is 2.21. The highest BCUT2D eigenvalue weighted by atomic mass is 31.2. The third kappa shape index (κ3) is 44.5. The maximum atomic E-state index is 12.7. The second-order valence-corrected chi connectivity index (χ2v) is 17.3. The summed E-state index contributed by atoms with van der Waals surface area (Å²) in [4.78, 5) is 37.6. The summed E-state index contributed by atoms with van der Waals surface area (Å²) < 4.78 is 33.6. The van der Waals surface area contributed by atoms with Crippen LogP contribution in [0.15, 0.2) is 109 Å². The van der Waals surface area contributed by atoms with Crippen molar-refractivity contribution >= 4 is 19.8 Å². The van der Waals surface area contributed by atoms with Crippen molar-refractivity contribution in [3.05, 3.63) is 109 Å². The summed E-state index contributed by atoms with van der Waals surface area (Å²) in [6.45, 7) is 3.77. The van der Waals surface area contributed by atoms with Crippen LogP contribution in [0.3, 0.4) is 0 Å². The molecule has 0 fully saturated rings. The number of aliphatic hydroxyl groups excluding tert-OH is 1. The van der Waals surface area contributed by atoms with E-state index < -0.39 is 38.6 Å². The highest BCUT2D eigenvalue weighted by molar-refractivity contribution is 7.45. The number of unbranched alkanes of at least 4 members (excludes halogenated alkanes) is 6. The third-order valence-corrected chi connectivity index (χ3v) is 9.86. The molecule has 2 unspecified atom stereocenters. The Morgan fingerprint density at radius 2 is 1.16 bits per heavy atom. The first-order valence-corrected chi connectivity index (χ1v) is 24.2. The number of rotatable bonds is 39. The number of nitrogens with zero attached hydrogens (tertiary/aromatic N) is 1. The van der Waals surface area contributed by atoms with Crippen molar-refractivity contribution in [1.29, 1.82) is 0 Å². The molecule has 0 heterocycles. The molecule has 10 nitrogen and oxygen atoms in total.